The van der Waals surface area contributed by atoms with Crippen molar-refractivity contribution < 1.29 is 46.0 Å². The van der Waals surface area contributed by atoms with E-state index in [0.29, 0.717) is 6.21 Å². The molecule has 1 atom stereocenters. The number of ketones is 1. The zero-order chi connectivity index (χ0) is 30.2. The van der Waals surface area contributed by atoms with E-state index in [2.05, 4.69) is 9.94 Å². The quantitative estimate of drug-likeness (QED) is 0.381. The van der Waals surface area contributed by atoms with Crippen molar-refractivity contribution >= 4 is 35.5 Å². The second-order valence-corrected chi connectivity index (χ2v) is 10.4. The van der Waals surface area contributed by atoms with Crippen molar-refractivity contribution in [3.05, 3.63) is 64.7 Å². The maximum absolute atomic E-state index is 15.0. The Bertz CT molecular complexity index is 1470. The van der Waals surface area contributed by atoms with Gasteiger partial charge in [-0.05, 0) is 42.2 Å². The van der Waals surface area contributed by atoms with Gasteiger partial charge in [-0.2, -0.15) is 13.2 Å². The Kier molecular flexibility index (Phi) is 7.84. The third kappa shape index (κ3) is 5.62. The van der Waals surface area contributed by atoms with Crippen LogP contribution in [0.5, 0.6) is 0 Å². The predicted molar refractivity (Wildman–Crippen MR) is 138 cm³/mol. The Morgan fingerprint density at radius 3 is 2.43 bits per heavy atom. The average Bonchev–Trinajstić information content (AvgIpc) is 2.95. The van der Waals surface area contributed by atoms with Crippen LogP contribution in [0.1, 0.15) is 58.4 Å². The summed E-state index contributed by atoms with van der Waals surface area (Å²) in [5.41, 5.74) is -1.71. The highest BCUT2D eigenvalue weighted by Crippen LogP contribution is 2.38. The van der Waals surface area contributed by atoms with Crippen molar-refractivity contribution in [1.29, 1.82) is 0 Å². The number of fused-ring (bicyclic) bond motifs is 1. The molecule has 2 amide bonds. The summed E-state index contributed by atoms with van der Waals surface area (Å²) in [7, 11) is 0. The van der Waals surface area contributed by atoms with Crippen molar-refractivity contribution in [2.24, 2.45) is 5.10 Å². The van der Waals surface area contributed by atoms with Crippen LogP contribution in [-0.2, 0) is 21.0 Å². The highest BCUT2D eigenvalue weighted by molar-refractivity contribution is 6.37. The normalized spacial score (nSPS) is 21.4. The van der Waals surface area contributed by atoms with Crippen LogP contribution in [0.3, 0.4) is 0 Å². The number of halogens is 5. The van der Waals surface area contributed by atoms with Crippen LogP contribution in [0, 0.1) is 11.6 Å². The molecule has 1 saturated heterocycles. The van der Waals surface area contributed by atoms with E-state index in [4.69, 9.17) is 0 Å². The maximum Gasteiger partial charge on any atom is 0.497 e. The third-order valence-electron chi connectivity index (χ3n) is 7.65. The fourth-order valence-corrected chi connectivity index (χ4v) is 5.64. The highest BCUT2D eigenvalue weighted by Gasteiger charge is 2.53. The molecule has 222 valence electrons. The van der Waals surface area contributed by atoms with Gasteiger partial charge in [-0.25, -0.2) is 18.4 Å². The van der Waals surface area contributed by atoms with Crippen molar-refractivity contribution in [2.45, 2.75) is 50.9 Å². The summed E-state index contributed by atoms with van der Waals surface area (Å²) < 4.78 is 67.9. The van der Waals surface area contributed by atoms with E-state index in [-0.39, 0.29) is 37.1 Å². The first-order valence-corrected chi connectivity index (χ1v) is 13.3. The molecular weight excluding hydrogens is 567 g/mol. The topological polar surface area (TPSA) is 96.4 Å². The number of hydroxylamine groups is 1. The van der Waals surface area contributed by atoms with Gasteiger partial charge in [-0.15, -0.1) is 0 Å². The molecule has 14 heteroatoms. The molecular formula is C28H26F5N4O5+. The molecule has 42 heavy (non-hydrogen) atoms. The number of nitrogens with zero attached hydrogens (tertiary/aromatic N) is 4. The van der Waals surface area contributed by atoms with Gasteiger partial charge in [-0.1, -0.05) is 31.4 Å². The van der Waals surface area contributed by atoms with E-state index in [0.717, 1.165) is 68.5 Å². The first kappa shape index (κ1) is 29.3. The molecule has 3 aliphatic rings. The summed E-state index contributed by atoms with van der Waals surface area (Å²) in [5.74, 6) is -6.78. The molecule has 1 unspecified atom stereocenters. The van der Waals surface area contributed by atoms with Crippen molar-refractivity contribution in [2.75, 3.05) is 19.6 Å². The first-order chi connectivity index (χ1) is 19.9. The van der Waals surface area contributed by atoms with Crippen LogP contribution in [0.15, 0.2) is 41.5 Å². The van der Waals surface area contributed by atoms with E-state index in [1.54, 1.807) is 4.90 Å². The number of alkyl halides is 3. The number of Topliss-reactive ketones (excluding diaryl/α,β-unsaturated/α-hetero) is 1. The Hall–Kier alpha value is -4.20. The van der Waals surface area contributed by atoms with Crippen molar-refractivity contribution in [3.63, 3.8) is 0 Å². The number of rotatable bonds is 5. The summed E-state index contributed by atoms with van der Waals surface area (Å²) >= 11 is 0. The molecule has 2 heterocycles. The Morgan fingerprint density at radius 2 is 1.74 bits per heavy atom. The van der Waals surface area contributed by atoms with Crippen LogP contribution in [0.2, 0.25) is 0 Å². The molecule has 9 nitrogen and oxygen atoms in total. The zero-order valence-corrected chi connectivity index (χ0v) is 22.2. The second-order valence-electron chi connectivity index (χ2n) is 10.4. The first-order valence-electron chi connectivity index (χ1n) is 13.3. The minimum atomic E-state index is -5.50. The van der Waals surface area contributed by atoms with Gasteiger partial charge >= 0.3 is 12.1 Å². The molecule has 2 fully saturated rings. The molecule has 1 saturated carbocycles. The van der Waals surface area contributed by atoms with E-state index in [1.165, 1.54) is 4.90 Å². The summed E-state index contributed by atoms with van der Waals surface area (Å²) in [5, 5.41) is 3.68. The molecule has 0 N–H and O–H groups in total. The number of piperazine rings is 1. The van der Waals surface area contributed by atoms with Crippen LogP contribution in [-0.4, -0.2) is 71.4 Å². The van der Waals surface area contributed by atoms with Crippen LogP contribution < -0.4 is 4.76 Å². The van der Waals surface area contributed by atoms with Gasteiger partial charge in [0, 0.05) is 29.5 Å². The molecule has 0 bridgehead atoms. The van der Waals surface area contributed by atoms with E-state index < -0.39 is 63.6 Å². The molecule has 0 radical (unpaired) electrons. The van der Waals surface area contributed by atoms with E-state index in [9.17, 15) is 36.7 Å². The van der Waals surface area contributed by atoms with Gasteiger partial charge in [0.25, 0.3) is 11.6 Å². The lowest BCUT2D eigenvalue weighted by molar-refractivity contribution is -0.237. The van der Waals surface area contributed by atoms with E-state index >= 15 is 4.39 Å². The minimum absolute atomic E-state index is 0.0670. The zero-order valence-electron chi connectivity index (χ0n) is 22.2. The van der Waals surface area contributed by atoms with Crippen LogP contribution in [0.25, 0.3) is 0 Å². The van der Waals surface area contributed by atoms with Gasteiger partial charge in [0.2, 0.25) is 11.7 Å². The largest absolute Gasteiger partial charge is 0.497 e. The SMILES string of the molecule is O=C1C=N[N+](Cc2ccc(F)c(C(=O)N3CCN(C4CCCCC4)C(=O)C3)c2)(OC(=O)C(F)(F)F)c2c(F)cccc21. The van der Waals surface area contributed by atoms with Gasteiger partial charge in [0.1, 0.15) is 18.6 Å². The molecule has 2 aromatic carbocycles. The lowest BCUT2D eigenvalue weighted by Gasteiger charge is -2.40. The molecule has 2 aliphatic heterocycles. The number of hydrogen-bond donors (Lipinski definition) is 0. The second kappa shape index (κ2) is 11.2. The molecule has 1 aliphatic carbocycles. The van der Waals surface area contributed by atoms with Crippen LogP contribution in [0.4, 0.5) is 27.6 Å². The fourth-order valence-electron chi connectivity index (χ4n) is 5.64. The Balaban J connectivity index is 1.44. The predicted octanol–water partition coefficient (Wildman–Crippen LogP) is 4.29. The summed E-state index contributed by atoms with van der Waals surface area (Å²) in [6, 6.07) is 6.23. The number of benzene rings is 2. The highest BCUT2D eigenvalue weighted by atomic mass is 19.4. The third-order valence-corrected chi connectivity index (χ3v) is 7.65. The summed E-state index contributed by atoms with van der Waals surface area (Å²) in [4.78, 5) is 58.1. The molecule has 2 aromatic rings. The van der Waals surface area contributed by atoms with Gasteiger partial charge in [0.05, 0.1) is 11.1 Å². The number of carbonyl (C=O) groups is 4. The molecule has 0 spiro atoms. The number of quaternary nitrogens is 1. The van der Waals surface area contributed by atoms with Gasteiger partial charge in [0.15, 0.2) is 12.4 Å². The maximum atomic E-state index is 15.0. The molecule has 0 aromatic heterocycles. The lowest BCUT2D eigenvalue weighted by atomic mass is 9.93. The summed E-state index contributed by atoms with van der Waals surface area (Å²) in [6.07, 6.45) is -0.00360. The lowest BCUT2D eigenvalue weighted by Crippen LogP contribution is -2.55. The van der Waals surface area contributed by atoms with E-state index in [1.807, 2.05) is 0 Å². The molecule has 5 rings (SSSR count). The monoisotopic (exact) mass is 593 g/mol. The van der Waals surface area contributed by atoms with Crippen molar-refractivity contribution in [3.8, 4) is 0 Å². The number of hydrogen-bond acceptors (Lipinski definition) is 6. The number of carbonyl (C=O) groups excluding carboxylic acids is 4. The number of para-hydroxylation sites is 1. The standard InChI is InChI=1S/C28H26F5N4O5/c29-21-10-9-17(13-20(21)26(40)35-11-12-36(24(39)15-35)18-5-2-1-3-6-18)16-37(42-27(41)28(31,32)33)25-19(23(38)14-34-37)7-4-8-22(25)30/h4,7-10,13-14,18H,1-3,5-6,11-12,15-16H2/q+1. The average molecular weight is 594 g/mol. The van der Waals surface area contributed by atoms with Crippen molar-refractivity contribution in [1.82, 2.24) is 14.6 Å². The smallest absolute Gasteiger partial charge is 0.336 e. The number of amides is 2. The summed E-state index contributed by atoms with van der Waals surface area (Å²) in [6.45, 7) is -0.663. The Labute approximate surface area is 236 Å². The minimum Gasteiger partial charge on any atom is -0.336 e. The fraction of sp³-hybridized carbons (Fsp3) is 0.393. The van der Waals surface area contributed by atoms with Gasteiger partial charge < -0.3 is 9.80 Å². The Morgan fingerprint density at radius 1 is 1.00 bits per heavy atom. The van der Waals surface area contributed by atoms with Crippen LogP contribution >= 0.6 is 0 Å². The van der Waals surface area contributed by atoms with Gasteiger partial charge in [-0.3, -0.25) is 14.4 Å².